The van der Waals surface area contributed by atoms with Gasteiger partial charge in [0.2, 0.25) is 5.91 Å². The van der Waals surface area contributed by atoms with Gasteiger partial charge < -0.3 is 16.4 Å². The first-order valence-corrected chi connectivity index (χ1v) is 6.91. The molecule has 2 rings (SSSR count). The fourth-order valence-electron chi connectivity index (χ4n) is 2.00. The molecule has 1 saturated carbocycles. The molecule has 5 heteroatoms. The molecule has 1 amide bonds. The number of aromatic nitrogens is 1. The number of nitrogens with zero attached hydrogens (tertiary/aromatic N) is 1. The molecule has 0 atom stereocenters. The molecule has 1 aliphatic carbocycles. The summed E-state index contributed by atoms with van der Waals surface area (Å²) in [6.07, 6.45) is 4.20. The summed E-state index contributed by atoms with van der Waals surface area (Å²) in [5.74, 6) is 1.32. The zero-order chi connectivity index (χ0) is 13.7. The van der Waals surface area contributed by atoms with Gasteiger partial charge in [-0.3, -0.25) is 4.79 Å². The SMILES string of the molecule is Cc1nc(NCCCNC(=O)C2CCC2)ccc1N. The van der Waals surface area contributed by atoms with Gasteiger partial charge in [-0.25, -0.2) is 4.98 Å². The number of carbonyl (C=O) groups is 1. The molecule has 19 heavy (non-hydrogen) atoms. The van der Waals surface area contributed by atoms with Crippen LogP contribution in [0.1, 0.15) is 31.4 Å². The highest BCUT2D eigenvalue weighted by atomic mass is 16.1. The van der Waals surface area contributed by atoms with Gasteiger partial charge in [0.25, 0.3) is 0 Å². The molecule has 104 valence electrons. The Bertz CT molecular complexity index is 443. The number of carbonyl (C=O) groups excluding carboxylic acids is 1. The van der Waals surface area contributed by atoms with Gasteiger partial charge in [-0.1, -0.05) is 6.42 Å². The number of hydrogen-bond donors (Lipinski definition) is 3. The largest absolute Gasteiger partial charge is 0.397 e. The van der Waals surface area contributed by atoms with Crippen LogP contribution in [0.2, 0.25) is 0 Å². The molecule has 0 spiro atoms. The molecular weight excluding hydrogens is 240 g/mol. The Morgan fingerprint density at radius 2 is 2.21 bits per heavy atom. The van der Waals surface area contributed by atoms with E-state index in [2.05, 4.69) is 15.6 Å². The van der Waals surface area contributed by atoms with Crippen molar-refractivity contribution in [3.63, 3.8) is 0 Å². The van der Waals surface area contributed by atoms with Gasteiger partial charge in [0.05, 0.1) is 11.4 Å². The lowest BCUT2D eigenvalue weighted by atomic mass is 9.85. The first kappa shape index (κ1) is 13.6. The van der Waals surface area contributed by atoms with E-state index in [1.165, 1.54) is 6.42 Å². The van der Waals surface area contributed by atoms with Crippen molar-refractivity contribution < 1.29 is 4.79 Å². The first-order chi connectivity index (χ1) is 9.16. The number of anilines is 2. The van der Waals surface area contributed by atoms with E-state index >= 15 is 0 Å². The molecule has 0 radical (unpaired) electrons. The third-order valence-corrected chi connectivity index (χ3v) is 3.56. The van der Waals surface area contributed by atoms with E-state index in [4.69, 9.17) is 5.73 Å². The van der Waals surface area contributed by atoms with Crippen molar-refractivity contribution in [3.05, 3.63) is 17.8 Å². The maximum absolute atomic E-state index is 11.6. The summed E-state index contributed by atoms with van der Waals surface area (Å²) in [6.45, 7) is 3.40. The predicted molar refractivity (Wildman–Crippen MR) is 76.8 cm³/mol. The summed E-state index contributed by atoms with van der Waals surface area (Å²) in [6, 6.07) is 3.72. The Labute approximate surface area is 114 Å². The second-order valence-corrected chi connectivity index (χ2v) is 5.07. The molecule has 1 aromatic heterocycles. The molecule has 0 unspecified atom stereocenters. The summed E-state index contributed by atoms with van der Waals surface area (Å²) in [4.78, 5) is 15.9. The molecule has 0 aliphatic heterocycles. The van der Waals surface area contributed by atoms with Crippen LogP contribution in [0, 0.1) is 12.8 Å². The van der Waals surface area contributed by atoms with E-state index in [9.17, 15) is 4.79 Å². The zero-order valence-electron chi connectivity index (χ0n) is 11.4. The average Bonchev–Trinajstić information content (AvgIpc) is 2.31. The number of hydrogen-bond acceptors (Lipinski definition) is 4. The molecule has 5 nitrogen and oxygen atoms in total. The van der Waals surface area contributed by atoms with Crippen LogP contribution >= 0.6 is 0 Å². The van der Waals surface area contributed by atoms with E-state index in [0.717, 1.165) is 43.9 Å². The Balaban J connectivity index is 1.61. The third kappa shape index (κ3) is 3.84. The smallest absolute Gasteiger partial charge is 0.223 e. The molecule has 0 bridgehead atoms. The topological polar surface area (TPSA) is 80.0 Å². The Hall–Kier alpha value is -1.78. The fourth-order valence-corrected chi connectivity index (χ4v) is 2.00. The Morgan fingerprint density at radius 1 is 1.42 bits per heavy atom. The van der Waals surface area contributed by atoms with E-state index in [-0.39, 0.29) is 11.8 Å². The molecule has 1 heterocycles. The number of nitrogen functional groups attached to an aromatic ring is 1. The van der Waals surface area contributed by atoms with Gasteiger partial charge in [-0.05, 0) is 38.3 Å². The highest BCUT2D eigenvalue weighted by Gasteiger charge is 2.24. The van der Waals surface area contributed by atoms with Crippen LogP contribution in [0.4, 0.5) is 11.5 Å². The second kappa shape index (κ2) is 6.41. The van der Waals surface area contributed by atoms with Crippen molar-refractivity contribution in [3.8, 4) is 0 Å². The quantitative estimate of drug-likeness (QED) is 0.682. The van der Waals surface area contributed by atoms with Crippen LogP contribution in [0.3, 0.4) is 0 Å². The molecule has 4 N–H and O–H groups in total. The summed E-state index contributed by atoms with van der Waals surface area (Å²) < 4.78 is 0. The molecule has 0 saturated heterocycles. The first-order valence-electron chi connectivity index (χ1n) is 6.91. The van der Waals surface area contributed by atoms with Gasteiger partial charge in [0.15, 0.2) is 0 Å². The monoisotopic (exact) mass is 262 g/mol. The van der Waals surface area contributed by atoms with Crippen LogP contribution in [0.15, 0.2) is 12.1 Å². The maximum atomic E-state index is 11.6. The standard InChI is InChI=1S/C14H22N4O/c1-10-12(15)6-7-13(18-10)16-8-3-9-17-14(19)11-4-2-5-11/h6-7,11H,2-5,8-9,15H2,1H3,(H,16,18)(H,17,19). The number of amides is 1. The summed E-state index contributed by atoms with van der Waals surface area (Å²) in [5.41, 5.74) is 7.25. The van der Waals surface area contributed by atoms with Gasteiger partial charge >= 0.3 is 0 Å². The Kier molecular flexibility index (Phi) is 4.60. The summed E-state index contributed by atoms with van der Waals surface area (Å²) in [5, 5.41) is 6.20. The second-order valence-electron chi connectivity index (χ2n) is 5.07. The highest BCUT2D eigenvalue weighted by Crippen LogP contribution is 2.26. The molecule has 1 aromatic rings. The van der Waals surface area contributed by atoms with Crippen molar-refractivity contribution in [2.75, 3.05) is 24.1 Å². The van der Waals surface area contributed by atoms with E-state index in [0.29, 0.717) is 5.69 Å². The van der Waals surface area contributed by atoms with Crippen molar-refractivity contribution in [1.82, 2.24) is 10.3 Å². The number of aryl methyl sites for hydroxylation is 1. The molecule has 1 aliphatic rings. The molecular formula is C14H22N4O. The van der Waals surface area contributed by atoms with E-state index < -0.39 is 0 Å². The van der Waals surface area contributed by atoms with Crippen molar-refractivity contribution in [1.29, 1.82) is 0 Å². The molecule has 0 aromatic carbocycles. The lowest BCUT2D eigenvalue weighted by Gasteiger charge is -2.24. The van der Waals surface area contributed by atoms with Crippen molar-refractivity contribution in [2.45, 2.75) is 32.6 Å². The maximum Gasteiger partial charge on any atom is 0.223 e. The minimum absolute atomic E-state index is 0.215. The van der Waals surface area contributed by atoms with Crippen LogP contribution in [0.25, 0.3) is 0 Å². The van der Waals surface area contributed by atoms with E-state index in [1.807, 2.05) is 19.1 Å². The highest BCUT2D eigenvalue weighted by molar-refractivity contribution is 5.79. The zero-order valence-corrected chi connectivity index (χ0v) is 11.4. The van der Waals surface area contributed by atoms with Gasteiger partial charge in [-0.2, -0.15) is 0 Å². The van der Waals surface area contributed by atoms with E-state index in [1.54, 1.807) is 0 Å². The van der Waals surface area contributed by atoms with Crippen LogP contribution in [-0.4, -0.2) is 24.0 Å². The van der Waals surface area contributed by atoms with Crippen LogP contribution in [-0.2, 0) is 4.79 Å². The third-order valence-electron chi connectivity index (χ3n) is 3.56. The van der Waals surface area contributed by atoms with Gasteiger partial charge in [0, 0.05) is 19.0 Å². The number of pyridine rings is 1. The minimum Gasteiger partial charge on any atom is -0.397 e. The number of nitrogens with two attached hydrogens (primary N) is 1. The van der Waals surface area contributed by atoms with Crippen molar-refractivity contribution in [2.24, 2.45) is 5.92 Å². The lowest BCUT2D eigenvalue weighted by molar-refractivity contribution is -0.127. The number of nitrogens with one attached hydrogen (secondary N) is 2. The fraction of sp³-hybridized carbons (Fsp3) is 0.571. The summed E-state index contributed by atoms with van der Waals surface area (Å²) in [7, 11) is 0. The minimum atomic E-state index is 0.215. The van der Waals surface area contributed by atoms with Gasteiger partial charge in [0.1, 0.15) is 5.82 Å². The van der Waals surface area contributed by atoms with Crippen LogP contribution < -0.4 is 16.4 Å². The lowest BCUT2D eigenvalue weighted by Crippen LogP contribution is -2.35. The predicted octanol–water partition coefficient (Wildman–Crippen LogP) is 1.69. The van der Waals surface area contributed by atoms with Crippen molar-refractivity contribution >= 4 is 17.4 Å². The van der Waals surface area contributed by atoms with Gasteiger partial charge in [-0.15, -0.1) is 0 Å². The Morgan fingerprint density at radius 3 is 2.84 bits per heavy atom. The van der Waals surface area contributed by atoms with Crippen LogP contribution in [0.5, 0.6) is 0 Å². The molecule has 1 fully saturated rings. The number of rotatable bonds is 6. The summed E-state index contributed by atoms with van der Waals surface area (Å²) >= 11 is 0. The normalized spacial score (nSPS) is 14.8. The average molecular weight is 262 g/mol.